The van der Waals surface area contributed by atoms with E-state index in [0.717, 1.165) is 5.56 Å². The third kappa shape index (κ3) is 1.33. The molecule has 0 aliphatic heterocycles. The maximum atomic E-state index is 13.3. The lowest BCUT2D eigenvalue weighted by atomic mass is 10.1. The van der Waals surface area contributed by atoms with Gasteiger partial charge in [-0.3, -0.25) is 0 Å². The second-order valence-corrected chi connectivity index (χ2v) is 2.82. The maximum Gasteiger partial charge on any atom is 0.132 e. The van der Waals surface area contributed by atoms with Crippen LogP contribution in [0, 0.1) is 12.7 Å². The van der Waals surface area contributed by atoms with Crippen LogP contribution in [0.5, 0.6) is 0 Å². The zero-order valence-electron chi connectivity index (χ0n) is 7.12. The van der Waals surface area contributed by atoms with Gasteiger partial charge in [0.15, 0.2) is 0 Å². The van der Waals surface area contributed by atoms with Crippen molar-refractivity contribution in [3.8, 4) is 11.3 Å². The lowest BCUT2D eigenvalue weighted by molar-refractivity contribution is 0.422. The highest BCUT2D eigenvalue weighted by Gasteiger charge is 2.09. The SMILES string of the molecule is Cc1cccc(F)c1-c1ccon1. The summed E-state index contributed by atoms with van der Waals surface area (Å²) in [5.41, 5.74) is 1.90. The summed E-state index contributed by atoms with van der Waals surface area (Å²) in [4.78, 5) is 0. The fourth-order valence-electron chi connectivity index (χ4n) is 1.30. The molecule has 0 aliphatic carbocycles. The van der Waals surface area contributed by atoms with Crippen molar-refractivity contribution in [1.82, 2.24) is 5.16 Å². The van der Waals surface area contributed by atoms with Crippen molar-refractivity contribution in [2.45, 2.75) is 6.92 Å². The first-order valence-corrected chi connectivity index (χ1v) is 3.95. The zero-order valence-corrected chi connectivity index (χ0v) is 7.12. The predicted octanol–water partition coefficient (Wildman–Crippen LogP) is 2.79. The van der Waals surface area contributed by atoms with E-state index in [1.54, 1.807) is 12.1 Å². The number of halogens is 1. The summed E-state index contributed by atoms with van der Waals surface area (Å²) < 4.78 is 18.0. The Kier molecular flexibility index (Phi) is 1.85. The van der Waals surface area contributed by atoms with E-state index in [0.29, 0.717) is 11.3 Å². The Labute approximate surface area is 75.0 Å². The molecule has 0 fully saturated rings. The summed E-state index contributed by atoms with van der Waals surface area (Å²) in [6.07, 6.45) is 1.43. The molecular weight excluding hydrogens is 169 g/mol. The van der Waals surface area contributed by atoms with E-state index in [4.69, 9.17) is 0 Å². The van der Waals surface area contributed by atoms with E-state index in [1.807, 2.05) is 13.0 Å². The first-order chi connectivity index (χ1) is 6.29. The quantitative estimate of drug-likeness (QED) is 0.669. The molecule has 0 N–H and O–H groups in total. The molecule has 2 nitrogen and oxygen atoms in total. The van der Waals surface area contributed by atoms with Gasteiger partial charge in [0, 0.05) is 11.6 Å². The molecular formula is C10H8FNO. The van der Waals surface area contributed by atoms with Gasteiger partial charge in [-0.1, -0.05) is 17.3 Å². The van der Waals surface area contributed by atoms with E-state index in [2.05, 4.69) is 9.68 Å². The second kappa shape index (κ2) is 3.01. The molecule has 2 rings (SSSR count). The minimum Gasteiger partial charge on any atom is -0.364 e. The van der Waals surface area contributed by atoms with E-state index in [-0.39, 0.29) is 5.82 Å². The molecule has 0 spiro atoms. The molecule has 3 heteroatoms. The van der Waals surface area contributed by atoms with E-state index in [1.165, 1.54) is 12.3 Å². The molecule has 66 valence electrons. The molecule has 0 aliphatic rings. The van der Waals surface area contributed by atoms with Crippen molar-refractivity contribution in [1.29, 1.82) is 0 Å². The highest BCUT2D eigenvalue weighted by molar-refractivity contribution is 5.63. The van der Waals surface area contributed by atoms with Crippen molar-refractivity contribution in [2.24, 2.45) is 0 Å². The largest absolute Gasteiger partial charge is 0.364 e. The summed E-state index contributed by atoms with van der Waals surface area (Å²) in [5.74, 6) is -0.270. The van der Waals surface area contributed by atoms with Crippen LogP contribution in [-0.2, 0) is 0 Å². The Balaban J connectivity index is 2.64. The van der Waals surface area contributed by atoms with Crippen LogP contribution < -0.4 is 0 Å². The van der Waals surface area contributed by atoms with Crippen molar-refractivity contribution in [2.75, 3.05) is 0 Å². The second-order valence-electron chi connectivity index (χ2n) is 2.82. The van der Waals surface area contributed by atoms with Crippen LogP contribution in [-0.4, -0.2) is 5.16 Å². The Morgan fingerprint density at radius 1 is 1.31 bits per heavy atom. The summed E-state index contributed by atoms with van der Waals surface area (Å²) in [6, 6.07) is 6.57. The van der Waals surface area contributed by atoms with Crippen LogP contribution in [0.3, 0.4) is 0 Å². The molecule has 0 bridgehead atoms. The Hall–Kier alpha value is -1.64. The average molecular weight is 177 g/mol. The summed E-state index contributed by atoms with van der Waals surface area (Å²) in [7, 11) is 0. The molecule has 1 aromatic carbocycles. The highest BCUT2D eigenvalue weighted by atomic mass is 19.1. The number of benzene rings is 1. The Bertz CT molecular complexity index is 389. The fourth-order valence-corrected chi connectivity index (χ4v) is 1.30. The van der Waals surface area contributed by atoms with Crippen LogP contribution in [0.15, 0.2) is 35.1 Å². The van der Waals surface area contributed by atoms with Crippen LogP contribution in [0.2, 0.25) is 0 Å². The minimum absolute atomic E-state index is 0.270. The third-order valence-corrected chi connectivity index (χ3v) is 1.92. The normalized spacial score (nSPS) is 10.3. The van der Waals surface area contributed by atoms with Gasteiger partial charge >= 0.3 is 0 Å². The third-order valence-electron chi connectivity index (χ3n) is 1.92. The van der Waals surface area contributed by atoms with Crippen molar-refractivity contribution in [3.05, 3.63) is 41.9 Å². The van der Waals surface area contributed by atoms with Gasteiger partial charge in [0.1, 0.15) is 17.8 Å². The van der Waals surface area contributed by atoms with Crippen LogP contribution in [0.4, 0.5) is 4.39 Å². The predicted molar refractivity (Wildman–Crippen MR) is 46.6 cm³/mol. The lowest BCUT2D eigenvalue weighted by Gasteiger charge is -2.01. The summed E-state index contributed by atoms with van der Waals surface area (Å²) >= 11 is 0. The smallest absolute Gasteiger partial charge is 0.132 e. The number of hydrogen-bond acceptors (Lipinski definition) is 2. The first-order valence-electron chi connectivity index (χ1n) is 3.95. The molecule has 0 amide bonds. The van der Waals surface area contributed by atoms with Crippen LogP contribution in [0.1, 0.15) is 5.56 Å². The Morgan fingerprint density at radius 3 is 2.77 bits per heavy atom. The van der Waals surface area contributed by atoms with Crippen molar-refractivity contribution < 1.29 is 8.91 Å². The van der Waals surface area contributed by atoms with Crippen LogP contribution >= 0.6 is 0 Å². The highest BCUT2D eigenvalue weighted by Crippen LogP contribution is 2.24. The number of aryl methyl sites for hydroxylation is 1. The van der Waals surface area contributed by atoms with Gasteiger partial charge in [-0.15, -0.1) is 0 Å². The van der Waals surface area contributed by atoms with Gasteiger partial charge in [-0.2, -0.15) is 0 Å². The average Bonchev–Trinajstić information content (AvgIpc) is 2.57. The standard InChI is InChI=1S/C10H8FNO/c1-7-3-2-4-8(11)10(7)9-5-6-13-12-9/h2-6H,1H3. The van der Waals surface area contributed by atoms with Crippen molar-refractivity contribution in [3.63, 3.8) is 0 Å². The van der Waals surface area contributed by atoms with Crippen LogP contribution in [0.25, 0.3) is 11.3 Å². The maximum absolute atomic E-state index is 13.3. The molecule has 2 aromatic rings. The molecule has 1 aromatic heterocycles. The number of hydrogen-bond donors (Lipinski definition) is 0. The first kappa shape index (κ1) is 7.98. The van der Waals surface area contributed by atoms with E-state index < -0.39 is 0 Å². The molecule has 1 heterocycles. The monoisotopic (exact) mass is 177 g/mol. The number of rotatable bonds is 1. The van der Waals surface area contributed by atoms with Gasteiger partial charge in [0.05, 0.1) is 0 Å². The van der Waals surface area contributed by atoms with E-state index in [9.17, 15) is 4.39 Å². The molecule has 13 heavy (non-hydrogen) atoms. The van der Waals surface area contributed by atoms with Gasteiger partial charge in [0.2, 0.25) is 0 Å². The van der Waals surface area contributed by atoms with Gasteiger partial charge in [-0.05, 0) is 18.6 Å². The Morgan fingerprint density at radius 2 is 2.15 bits per heavy atom. The zero-order chi connectivity index (χ0) is 9.26. The molecule has 0 saturated heterocycles. The minimum atomic E-state index is -0.270. The molecule has 0 radical (unpaired) electrons. The molecule has 0 unspecified atom stereocenters. The van der Waals surface area contributed by atoms with Gasteiger partial charge < -0.3 is 4.52 Å². The fraction of sp³-hybridized carbons (Fsp3) is 0.100. The number of aromatic nitrogens is 1. The van der Waals surface area contributed by atoms with Gasteiger partial charge in [0.25, 0.3) is 0 Å². The van der Waals surface area contributed by atoms with E-state index >= 15 is 0 Å². The summed E-state index contributed by atoms with van der Waals surface area (Å²) in [6.45, 7) is 1.84. The number of nitrogens with zero attached hydrogens (tertiary/aromatic N) is 1. The van der Waals surface area contributed by atoms with Gasteiger partial charge in [-0.25, -0.2) is 4.39 Å². The lowest BCUT2D eigenvalue weighted by Crippen LogP contribution is -1.87. The molecule has 0 saturated carbocycles. The molecule has 0 atom stereocenters. The topological polar surface area (TPSA) is 26.0 Å². The van der Waals surface area contributed by atoms with Crippen molar-refractivity contribution >= 4 is 0 Å². The summed E-state index contributed by atoms with van der Waals surface area (Å²) in [5, 5.41) is 3.69.